The predicted octanol–water partition coefficient (Wildman–Crippen LogP) is -5.14. The Kier molecular flexibility index (Phi) is 10.2. The van der Waals surface area contributed by atoms with Crippen molar-refractivity contribution in [3.05, 3.63) is 36.4 Å². The van der Waals surface area contributed by atoms with Crippen molar-refractivity contribution < 1.29 is 91.9 Å². The highest BCUT2D eigenvalue weighted by Gasteiger charge is 2.47. The third-order valence-electron chi connectivity index (χ3n) is 7.22. The van der Waals surface area contributed by atoms with Crippen molar-refractivity contribution in [2.45, 2.75) is 61.4 Å². The Bertz CT molecular complexity index is 1450. The summed E-state index contributed by atoms with van der Waals surface area (Å²) in [6, 6.07) is 7.17. The molecule has 0 radical (unpaired) electrons. The van der Waals surface area contributed by atoms with Gasteiger partial charge >= 0.3 is 11.3 Å². The molecular formula is C27H31ClO16. The van der Waals surface area contributed by atoms with Crippen molar-refractivity contribution in [1.29, 1.82) is 0 Å². The lowest BCUT2D eigenvalue weighted by atomic mass is 9.99. The summed E-state index contributed by atoms with van der Waals surface area (Å²) in [6.45, 7) is -1.46. The summed E-state index contributed by atoms with van der Waals surface area (Å²) >= 11 is 0. The van der Waals surface area contributed by atoms with Gasteiger partial charge in [-0.25, -0.2) is 4.42 Å². The van der Waals surface area contributed by atoms with Crippen molar-refractivity contribution in [3.8, 4) is 40.1 Å². The lowest BCUT2D eigenvalue weighted by molar-refractivity contribution is -0.277. The van der Waals surface area contributed by atoms with Crippen molar-refractivity contribution in [2.24, 2.45) is 0 Å². The number of aromatic hydroxyl groups is 3. The fraction of sp³-hybridized carbons (Fsp3) is 0.444. The van der Waals surface area contributed by atoms with Gasteiger partial charge in [0.1, 0.15) is 65.7 Å². The molecule has 2 aromatic carbocycles. The van der Waals surface area contributed by atoms with Gasteiger partial charge in [0.2, 0.25) is 18.3 Å². The summed E-state index contributed by atoms with van der Waals surface area (Å²) in [4.78, 5) is 0. The monoisotopic (exact) mass is 646 g/mol. The Balaban J connectivity index is 0.00000442. The minimum atomic E-state index is -1.82. The molecule has 3 aromatic rings. The number of rotatable bonds is 7. The van der Waals surface area contributed by atoms with E-state index in [2.05, 4.69) is 0 Å². The second kappa shape index (κ2) is 13.4. The number of halogens is 1. The van der Waals surface area contributed by atoms with Crippen LogP contribution in [0.5, 0.6) is 28.7 Å². The zero-order valence-corrected chi connectivity index (χ0v) is 23.2. The molecule has 11 N–H and O–H groups in total. The standard InChI is InChI=1S/C27H30O16.ClH/c28-7-17-19(33)21(35)23(37)26(42-17)40-15-5-10(30)4-14-11(15)6-16(25(39-14)9-1-2-12(31)13(32)3-9)41-27-24(38)22(36)20(34)18(8-29)43-27;/h1-6,17-24,26-29,33-38H,7-8H2,(H2-,30,31,32);1H/t17-,18-,19+,20+,21+,22+,23-,24-,26-,27-;/m1./s1. The van der Waals surface area contributed by atoms with E-state index in [0.717, 1.165) is 18.2 Å². The van der Waals surface area contributed by atoms with Crippen LogP contribution in [0.4, 0.5) is 0 Å². The number of fused-ring (bicyclic) bond motifs is 1. The molecule has 0 amide bonds. The molecule has 0 saturated carbocycles. The Morgan fingerprint density at radius 1 is 0.636 bits per heavy atom. The van der Waals surface area contributed by atoms with E-state index in [0.29, 0.717) is 0 Å². The molecule has 2 fully saturated rings. The second-order valence-corrected chi connectivity index (χ2v) is 10.1. The van der Waals surface area contributed by atoms with Gasteiger partial charge in [-0.1, -0.05) is 0 Å². The van der Waals surface area contributed by atoms with Crippen LogP contribution < -0.4 is 21.9 Å². The molecule has 2 aliphatic rings. The number of ether oxygens (including phenoxy) is 4. The molecule has 44 heavy (non-hydrogen) atoms. The van der Waals surface area contributed by atoms with Crippen LogP contribution >= 0.6 is 0 Å². The van der Waals surface area contributed by atoms with E-state index in [4.69, 9.17) is 23.4 Å². The third-order valence-corrected chi connectivity index (χ3v) is 7.22. The predicted molar refractivity (Wildman–Crippen MR) is 140 cm³/mol. The van der Waals surface area contributed by atoms with Crippen LogP contribution in [0.2, 0.25) is 0 Å². The maximum atomic E-state index is 10.6. The largest absolute Gasteiger partial charge is 1.00 e. The molecule has 0 bridgehead atoms. The average molecular weight is 647 g/mol. The number of benzene rings is 2. The molecule has 10 atom stereocenters. The zero-order chi connectivity index (χ0) is 31.2. The van der Waals surface area contributed by atoms with Gasteiger partial charge in [0.05, 0.1) is 24.8 Å². The van der Waals surface area contributed by atoms with Crippen molar-refractivity contribution in [3.63, 3.8) is 0 Å². The summed E-state index contributed by atoms with van der Waals surface area (Å²) in [7, 11) is 0. The minimum Gasteiger partial charge on any atom is -1.00 e. The van der Waals surface area contributed by atoms with Crippen LogP contribution in [0.25, 0.3) is 22.3 Å². The third kappa shape index (κ3) is 6.28. The number of aliphatic hydroxyl groups excluding tert-OH is 8. The summed E-state index contributed by atoms with van der Waals surface area (Å²) in [5, 5.41) is 111. The summed E-state index contributed by atoms with van der Waals surface area (Å²) in [6.07, 6.45) is -16.4. The molecule has 16 nitrogen and oxygen atoms in total. The van der Waals surface area contributed by atoms with E-state index >= 15 is 0 Å². The number of aliphatic hydroxyl groups is 8. The Hall–Kier alpha value is -3.26. The fourth-order valence-corrected chi connectivity index (χ4v) is 4.80. The number of phenolic OH excluding ortho intramolecular Hbond substituents is 3. The molecule has 242 valence electrons. The van der Waals surface area contributed by atoms with Crippen LogP contribution in [0.3, 0.4) is 0 Å². The van der Waals surface area contributed by atoms with E-state index in [9.17, 15) is 56.2 Å². The summed E-state index contributed by atoms with van der Waals surface area (Å²) in [5.74, 6) is -1.96. The topological polar surface area (TPSA) is 271 Å². The normalized spacial score (nSPS) is 32.2. The first-order valence-corrected chi connectivity index (χ1v) is 13.0. The van der Waals surface area contributed by atoms with Crippen molar-refractivity contribution in [1.82, 2.24) is 0 Å². The molecule has 3 heterocycles. The lowest BCUT2D eigenvalue weighted by Gasteiger charge is -2.39. The van der Waals surface area contributed by atoms with E-state index in [1.807, 2.05) is 0 Å². The number of hydrogen-bond donors (Lipinski definition) is 11. The molecule has 2 aliphatic heterocycles. The highest BCUT2D eigenvalue weighted by atomic mass is 35.5. The molecule has 17 heteroatoms. The van der Waals surface area contributed by atoms with Gasteiger partial charge < -0.3 is 87.5 Å². The molecular weight excluding hydrogens is 616 g/mol. The van der Waals surface area contributed by atoms with Crippen LogP contribution in [0.1, 0.15) is 0 Å². The quantitative estimate of drug-likeness (QED) is 0.0846. The molecule has 0 unspecified atom stereocenters. The molecule has 1 aromatic heterocycles. The average Bonchev–Trinajstić information content (AvgIpc) is 2.98. The Morgan fingerprint density at radius 2 is 1.18 bits per heavy atom. The zero-order valence-electron chi connectivity index (χ0n) is 22.5. The highest BCUT2D eigenvalue weighted by Crippen LogP contribution is 2.43. The van der Waals surface area contributed by atoms with Crippen LogP contribution in [-0.2, 0) is 9.47 Å². The van der Waals surface area contributed by atoms with Gasteiger partial charge in [0.15, 0.2) is 11.5 Å². The van der Waals surface area contributed by atoms with E-state index in [-0.39, 0.29) is 46.2 Å². The molecule has 2 saturated heterocycles. The lowest BCUT2D eigenvalue weighted by Crippen LogP contribution is -3.00. The van der Waals surface area contributed by atoms with Gasteiger partial charge in [-0.15, -0.1) is 0 Å². The van der Waals surface area contributed by atoms with Gasteiger partial charge in [-0.05, 0) is 12.1 Å². The summed E-state index contributed by atoms with van der Waals surface area (Å²) < 4.78 is 28.4. The number of phenols is 3. The first-order valence-electron chi connectivity index (χ1n) is 13.0. The van der Waals surface area contributed by atoms with Gasteiger partial charge in [-0.3, -0.25) is 0 Å². The van der Waals surface area contributed by atoms with Gasteiger partial charge in [0, 0.05) is 18.2 Å². The maximum absolute atomic E-state index is 10.6. The van der Waals surface area contributed by atoms with Crippen molar-refractivity contribution >= 4 is 11.0 Å². The SMILES string of the molecule is OC[C@H]1O[C@@H](Oc2cc3c(O[C@@H]4O[C@H](CO)[C@H](O)[C@H](O)[C@H]4O)cc(O)cc3[o+]c2-c2ccc(O)c(O)c2)[C@H](O)[C@@H](O)[C@H]1O.[Cl-]. The Labute approximate surface area is 254 Å². The van der Waals surface area contributed by atoms with Crippen LogP contribution in [-0.4, -0.2) is 131 Å². The smallest absolute Gasteiger partial charge is 0.402 e. The molecule has 5 rings (SSSR count). The maximum Gasteiger partial charge on any atom is 0.402 e. The van der Waals surface area contributed by atoms with Crippen LogP contribution in [0, 0.1) is 0 Å². The second-order valence-electron chi connectivity index (χ2n) is 10.1. The number of hydrogen-bond acceptors (Lipinski definition) is 15. The summed E-state index contributed by atoms with van der Waals surface area (Å²) in [5.41, 5.74) is 0.0554. The Morgan fingerprint density at radius 3 is 1.70 bits per heavy atom. The fourth-order valence-electron chi connectivity index (χ4n) is 4.80. The molecule has 0 aliphatic carbocycles. The highest BCUT2D eigenvalue weighted by molar-refractivity contribution is 5.89. The van der Waals surface area contributed by atoms with E-state index in [1.54, 1.807) is 0 Å². The van der Waals surface area contributed by atoms with Gasteiger partial charge in [-0.2, -0.15) is 0 Å². The first kappa shape index (κ1) is 33.6. The first-order chi connectivity index (χ1) is 20.4. The van der Waals surface area contributed by atoms with E-state index in [1.165, 1.54) is 18.2 Å². The molecule has 0 spiro atoms. The van der Waals surface area contributed by atoms with Crippen molar-refractivity contribution in [2.75, 3.05) is 13.2 Å². The van der Waals surface area contributed by atoms with Crippen LogP contribution in [0.15, 0.2) is 40.8 Å². The minimum absolute atomic E-state index is 0. The van der Waals surface area contributed by atoms with Gasteiger partial charge in [0.25, 0.3) is 0 Å². The van der Waals surface area contributed by atoms with E-state index < -0.39 is 91.9 Å².